The molecule has 4 rings (SSSR count). The molecule has 1 unspecified atom stereocenters. The maximum Gasteiger partial charge on any atom is 0.266 e. The van der Waals surface area contributed by atoms with Crippen molar-refractivity contribution < 1.29 is 33.1 Å². The van der Waals surface area contributed by atoms with E-state index in [-0.39, 0.29) is 65.4 Å². The molecule has 202 valence electrons. The van der Waals surface area contributed by atoms with Crippen LogP contribution >= 0.6 is 0 Å². The topological polar surface area (TPSA) is 144 Å². The van der Waals surface area contributed by atoms with Crippen LogP contribution in [-0.2, 0) is 14.9 Å². The lowest BCUT2D eigenvalue weighted by Crippen LogP contribution is -2.62. The lowest BCUT2D eigenvalue weighted by atomic mass is 9.43. The Morgan fingerprint density at radius 2 is 1.77 bits per heavy atom. The van der Waals surface area contributed by atoms with Crippen molar-refractivity contribution in [3.8, 4) is 0 Å². The Bertz CT molecular complexity index is 896. The zero-order valence-electron chi connectivity index (χ0n) is 21.4. The zero-order valence-corrected chi connectivity index (χ0v) is 22.2. The molecule has 0 aromatic carbocycles. The standard InChI is InChI=1S/C26H45NO7S/c1-15(4-7-23(31)27-10-11-35(32,33)34)18-5-6-19-24-20(14-22(30)26(18,19)3)25(2)9-8-17(28)12-16(25)13-21(24)29/h15-22,24,28-30H,4-14H2,1-3H3,(H,27,31)(H,32,33,34)/t15-,16+,17-,18-,19+,20+,21?,22+,24+,25+,26-/m1/s1. The zero-order chi connectivity index (χ0) is 25.8. The summed E-state index contributed by atoms with van der Waals surface area (Å²) >= 11 is 0. The van der Waals surface area contributed by atoms with Gasteiger partial charge in [-0.2, -0.15) is 8.42 Å². The van der Waals surface area contributed by atoms with Crippen LogP contribution in [0.1, 0.15) is 78.6 Å². The first-order valence-electron chi connectivity index (χ1n) is 13.5. The van der Waals surface area contributed by atoms with Gasteiger partial charge in [-0.3, -0.25) is 9.35 Å². The molecule has 9 heteroatoms. The number of aliphatic hydroxyl groups is 3. The van der Waals surface area contributed by atoms with Crippen molar-refractivity contribution in [2.24, 2.45) is 46.3 Å². The molecular formula is C26H45NO7S. The third-order valence-corrected chi connectivity index (χ3v) is 11.7. The highest BCUT2D eigenvalue weighted by Gasteiger charge is 2.65. The molecule has 0 aromatic rings. The molecular weight excluding hydrogens is 470 g/mol. The first-order chi connectivity index (χ1) is 16.3. The first kappa shape index (κ1) is 27.3. The van der Waals surface area contributed by atoms with Gasteiger partial charge in [-0.1, -0.05) is 20.8 Å². The third-order valence-electron chi connectivity index (χ3n) is 11.0. The van der Waals surface area contributed by atoms with Gasteiger partial charge in [0.2, 0.25) is 5.91 Å². The summed E-state index contributed by atoms with van der Waals surface area (Å²) in [6.45, 7) is 6.56. The van der Waals surface area contributed by atoms with E-state index in [1.807, 2.05) is 0 Å². The molecule has 0 heterocycles. The van der Waals surface area contributed by atoms with Crippen molar-refractivity contribution in [1.29, 1.82) is 0 Å². The van der Waals surface area contributed by atoms with E-state index in [2.05, 4.69) is 26.1 Å². The van der Waals surface area contributed by atoms with E-state index < -0.39 is 28.1 Å². The molecule has 4 fully saturated rings. The fourth-order valence-electron chi connectivity index (χ4n) is 9.10. The molecule has 0 radical (unpaired) electrons. The van der Waals surface area contributed by atoms with E-state index in [1.165, 1.54) is 0 Å². The van der Waals surface area contributed by atoms with Crippen molar-refractivity contribution >= 4 is 16.0 Å². The van der Waals surface area contributed by atoms with Gasteiger partial charge in [0, 0.05) is 13.0 Å². The number of hydrogen-bond acceptors (Lipinski definition) is 6. The number of fused-ring (bicyclic) bond motifs is 5. The Labute approximate surface area is 210 Å². The van der Waals surface area contributed by atoms with Crippen LogP contribution < -0.4 is 5.32 Å². The van der Waals surface area contributed by atoms with E-state index in [0.717, 1.165) is 38.5 Å². The summed E-state index contributed by atoms with van der Waals surface area (Å²) < 4.78 is 30.5. The number of carbonyl (C=O) groups excluding carboxylic acids is 1. The highest BCUT2D eigenvalue weighted by atomic mass is 32.2. The highest BCUT2D eigenvalue weighted by Crippen LogP contribution is 2.68. The largest absolute Gasteiger partial charge is 0.393 e. The second kappa shape index (κ2) is 9.86. The molecule has 0 bridgehead atoms. The number of carbonyl (C=O) groups is 1. The monoisotopic (exact) mass is 515 g/mol. The number of nitrogens with one attached hydrogen (secondary N) is 1. The second-order valence-corrected chi connectivity index (χ2v) is 14.2. The molecule has 0 aliphatic heterocycles. The van der Waals surface area contributed by atoms with Crippen LogP contribution in [0.15, 0.2) is 0 Å². The number of rotatable bonds is 7. The minimum Gasteiger partial charge on any atom is -0.393 e. The van der Waals surface area contributed by atoms with E-state index >= 15 is 0 Å². The van der Waals surface area contributed by atoms with Crippen LogP contribution in [-0.4, -0.2) is 64.8 Å². The van der Waals surface area contributed by atoms with Crippen molar-refractivity contribution in [3.63, 3.8) is 0 Å². The predicted molar refractivity (Wildman–Crippen MR) is 132 cm³/mol. The van der Waals surface area contributed by atoms with Crippen LogP contribution in [0.25, 0.3) is 0 Å². The predicted octanol–water partition coefficient (Wildman–Crippen LogP) is 2.37. The van der Waals surface area contributed by atoms with Gasteiger partial charge in [0.15, 0.2) is 0 Å². The first-order valence-corrected chi connectivity index (χ1v) is 15.1. The molecule has 8 nitrogen and oxygen atoms in total. The lowest BCUT2D eigenvalue weighted by Gasteiger charge is -2.63. The van der Waals surface area contributed by atoms with Gasteiger partial charge in [0.1, 0.15) is 0 Å². The van der Waals surface area contributed by atoms with Gasteiger partial charge in [0.25, 0.3) is 10.1 Å². The maximum atomic E-state index is 12.2. The van der Waals surface area contributed by atoms with Gasteiger partial charge in [-0.05, 0) is 97.7 Å². The lowest BCUT2D eigenvalue weighted by molar-refractivity contribution is -0.207. The maximum absolute atomic E-state index is 12.2. The average molecular weight is 516 g/mol. The molecule has 4 aliphatic carbocycles. The molecule has 35 heavy (non-hydrogen) atoms. The van der Waals surface area contributed by atoms with Crippen molar-refractivity contribution in [2.75, 3.05) is 12.3 Å². The minimum absolute atomic E-state index is 0.0509. The molecule has 4 aliphatic rings. The molecule has 0 saturated heterocycles. The Balaban J connectivity index is 1.43. The summed E-state index contributed by atoms with van der Waals surface area (Å²) in [4.78, 5) is 12.2. The molecule has 0 aromatic heterocycles. The second-order valence-electron chi connectivity index (χ2n) is 12.7. The third kappa shape index (κ3) is 5.05. The van der Waals surface area contributed by atoms with Gasteiger partial charge >= 0.3 is 0 Å². The Kier molecular flexibility index (Phi) is 7.69. The van der Waals surface area contributed by atoms with Gasteiger partial charge in [0.05, 0.1) is 24.1 Å². The summed E-state index contributed by atoms with van der Waals surface area (Å²) in [5.41, 5.74) is -0.254. The quantitative estimate of drug-likeness (QED) is 0.327. The van der Waals surface area contributed by atoms with Gasteiger partial charge in [-0.25, -0.2) is 0 Å². The summed E-state index contributed by atoms with van der Waals surface area (Å²) in [5.74, 6) is 0.705. The van der Waals surface area contributed by atoms with Crippen molar-refractivity contribution in [2.45, 2.75) is 96.9 Å². The summed E-state index contributed by atoms with van der Waals surface area (Å²) in [6, 6.07) is 0. The van der Waals surface area contributed by atoms with Gasteiger partial charge in [-0.15, -0.1) is 0 Å². The number of hydrogen-bond donors (Lipinski definition) is 5. The minimum atomic E-state index is -4.10. The molecule has 11 atom stereocenters. The number of aliphatic hydroxyl groups excluding tert-OH is 3. The summed E-state index contributed by atoms with van der Waals surface area (Å²) in [7, 11) is -4.10. The van der Waals surface area contributed by atoms with E-state index in [0.29, 0.717) is 18.8 Å². The van der Waals surface area contributed by atoms with Crippen molar-refractivity contribution in [3.05, 3.63) is 0 Å². The van der Waals surface area contributed by atoms with Gasteiger partial charge < -0.3 is 20.6 Å². The highest BCUT2D eigenvalue weighted by molar-refractivity contribution is 7.85. The molecule has 0 spiro atoms. The van der Waals surface area contributed by atoms with Crippen LogP contribution in [0, 0.1) is 46.3 Å². The van der Waals surface area contributed by atoms with Crippen LogP contribution in [0.2, 0.25) is 0 Å². The number of amides is 1. The van der Waals surface area contributed by atoms with E-state index in [4.69, 9.17) is 4.55 Å². The van der Waals surface area contributed by atoms with Crippen LogP contribution in [0.5, 0.6) is 0 Å². The summed E-state index contributed by atoms with van der Waals surface area (Å²) in [5, 5.41) is 35.8. The Morgan fingerprint density at radius 1 is 1.06 bits per heavy atom. The summed E-state index contributed by atoms with van der Waals surface area (Å²) in [6.07, 6.45) is 5.67. The Hall–Kier alpha value is -0.740. The molecule has 1 amide bonds. The fraction of sp³-hybridized carbons (Fsp3) is 0.962. The Morgan fingerprint density at radius 3 is 2.46 bits per heavy atom. The SMILES string of the molecule is C[C@H](CCC(=O)NCCS(=O)(=O)O)[C@H]1CC[C@H]2[C@@H]3C(O)C[C@@H]4C[C@H](O)CC[C@]4(C)[C@H]3C[C@H](O)[C@]12C. The molecule has 4 saturated carbocycles. The average Bonchev–Trinajstić information content (AvgIpc) is 3.12. The normalized spacial score (nSPS) is 46.3. The molecule has 5 N–H and O–H groups in total. The fourth-order valence-corrected chi connectivity index (χ4v) is 9.46. The smallest absolute Gasteiger partial charge is 0.266 e. The van der Waals surface area contributed by atoms with Crippen LogP contribution in [0.3, 0.4) is 0 Å². The van der Waals surface area contributed by atoms with E-state index in [1.54, 1.807) is 0 Å². The van der Waals surface area contributed by atoms with E-state index in [9.17, 15) is 28.5 Å². The van der Waals surface area contributed by atoms with Crippen LogP contribution in [0.4, 0.5) is 0 Å². The van der Waals surface area contributed by atoms with Crippen molar-refractivity contribution in [1.82, 2.24) is 5.32 Å².